The normalized spacial score (nSPS) is 19.7. The summed E-state index contributed by atoms with van der Waals surface area (Å²) in [6.45, 7) is -0.346. The highest BCUT2D eigenvalue weighted by Crippen LogP contribution is 2.55. The first-order chi connectivity index (χ1) is 19.6. The van der Waals surface area contributed by atoms with Crippen molar-refractivity contribution in [2.45, 2.75) is 22.7 Å². The predicted molar refractivity (Wildman–Crippen MR) is 162 cm³/mol. The number of hydrogen-bond acceptors (Lipinski definition) is 6. The van der Waals surface area contributed by atoms with Crippen molar-refractivity contribution in [1.29, 1.82) is 0 Å². The van der Waals surface area contributed by atoms with Gasteiger partial charge in [-0.2, -0.15) is 0 Å². The topological polar surface area (TPSA) is 88.5 Å². The predicted octanol–water partition coefficient (Wildman–Crippen LogP) is 6.55. The lowest BCUT2D eigenvalue weighted by atomic mass is 9.83. The van der Waals surface area contributed by atoms with Gasteiger partial charge in [0, 0.05) is 21.0 Å². The van der Waals surface area contributed by atoms with Crippen molar-refractivity contribution >= 4 is 91.3 Å². The average Bonchev–Trinajstić information content (AvgIpc) is 3.38. The summed E-state index contributed by atoms with van der Waals surface area (Å²) in [5.41, 5.74) is 1.30. The van der Waals surface area contributed by atoms with Crippen molar-refractivity contribution in [3.63, 3.8) is 0 Å². The summed E-state index contributed by atoms with van der Waals surface area (Å²) in [5, 5.41) is 2.68. The maximum Gasteiger partial charge on any atom is 0.308 e. The number of amides is 3. The van der Waals surface area contributed by atoms with Gasteiger partial charge in [-0.05, 0) is 60.2 Å². The van der Waals surface area contributed by atoms with Crippen LogP contribution in [0.25, 0.3) is 0 Å². The largest absolute Gasteiger partial charge is 0.325 e. The number of carbonyl (C=O) groups is 3. The fourth-order valence-corrected chi connectivity index (χ4v) is 8.53. The van der Waals surface area contributed by atoms with Crippen molar-refractivity contribution in [2.75, 3.05) is 10.2 Å². The van der Waals surface area contributed by atoms with Gasteiger partial charge < -0.3 is 5.32 Å². The number of halogens is 4. The van der Waals surface area contributed by atoms with Gasteiger partial charge in [-0.1, -0.05) is 74.4 Å². The van der Waals surface area contributed by atoms with E-state index in [0.717, 1.165) is 27.6 Å². The number of thiazole rings is 1. The first kappa shape index (κ1) is 28.2. The molecule has 0 radical (unpaired) electrons. The van der Waals surface area contributed by atoms with Crippen molar-refractivity contribution in [3.8, 4) is 0 Å². The van der Waals surface area contributed by atoms with Gasteiger partial charge in [0.1, 0.15) is 17.6 Å². The van der Waals surface area contributed by atoms with Gasteiger partial charge in [-0.15, -0.1) is 0 Å². The Morgan fingerprint density at radius 2 is 1.68 bits per heavy atom. The van der Waals surface area contributed by atoms with Crippen LogP contribution in [0.2, 0.25) is 10.0 Å². The van der Waals surface area contributed by atoms with E-state index in [1.54, 1.807) is 42.5 Å². The monoisotopic (exact) mass is 691 g/mol. The minimum atomic E-state index is -0.876. The SMILES string of the molecule is O=C(Cn1c2c(sc1=O)C(c1cccc(Cl)c1Cl)C1C(=O)N(c3ccc(Br)cc3)C(=O)C1S2)Nc1ccc(F)cc1. The van der Waals surface area contributed by atoms with Crippen LogP contribution in [0.3, 0.4) is 0 Å². The van der Waals surface area contributed by atoms with E-state index >= 15 is 0 Å². The molecule has 0 spiro atoms. The van der Waals surface area contributed by atoms with Crippen LogP contribution >= 0.6 is 62.2 Å². The van der Waals surface area contributed by atoms with Gasteiger partial charge in [0.05, 0.1) is 26.7 Å². The maximum absolute atomic E-state index is 14.0. The summed E-state index contributed by atoms with van der Waals surface area (Å²) >= 11 is 18.4. The molecular weight excluding hydrogens is 676 g/mol. The van der Waals surface area contributed by atoms with Gasteiger partial charge in [-0.25, -0.2) is 9.29 Å². The van der Waals surface area contributed by atoms with Gasteiger partial charge in [0.25, 0.3) is 0 Å². The highest BCUT2D eigenvalue weighted by molar-refractivity contribution is 9.10. The number of imide groups is 1. The highest BCUT2D eigenvalue weighted by atomic mass is 79.9. The Hall–Kier alpha value is -2.96. The molecule has 7 nitrogen and oxygen atoms in total. The van der Waals surface area contributed by atoms with Crippen LogP contribution in [0.1, 0.15) is 16.4 Å². The number of thioether (sulfide) groups is 1. The van der Waals surface area contributed by atoms with Crippen LogP contribution in [-0.4, -0.2) is 27.5 Å². The number of benzene rings is 3. The number of nitrogens with one attached hydrogen (secondary N) is 1. The lowest BCUT2D eigenvalue weighted by Gasteiger charge is -2.31. The Labute approximate surface area is 259 Å². The van der Waals surface area contributed by atoms with E-state index in [1.165, 1.54) is 33.7 Å². The molecule has 1 saturated heterocycles. The molecule has 3 aromatic carbocycles. The highest BCUT2D eigenvalue weighted by Gasteiger charge is 2.57. The molecule has 3 unspecified atom stereocenters. The van der Waals surface area contributed by atoms with E-state index in [0.29, 0.717) is 26.8 Å². The standard InChI is InChI=1S/C28H17BrCl2FN3O4S2/c29-13-4-10-16(11-5-13)35-25(37)21-20(17-2-1-3-18(30)22(17)31)24-27(40-23(21)26(35)38)34(28(39)41-24)12-19(36)33-15-8-6-14(32)7-9-15/h1-11,20-21,23H,12H2,(H,33,36). The van der Waals surface area contributed by atoms with E-state index < -0.39 is 45.5 Å². The van der Waals surface area contributed by atoms with Crippen molar-refractivity contribution in [2.24, 2.45) is 5.92 Å². The molecule has 2 aliphatic rings. The molecule has 13 heteroatoms. The first-order valence-electron chi connectivity index (χ1n) is 12.2. The summed E-state index contributed by atoms with van der Waals surface area (Å²) in [6, 6.07) is 17.1. The molecule has 2 aliphatic heterocycles. The molecule has 1 aromatic heterocycles. The van der Waals surface area contributed by atoms with Gasteiger partial charge in [0.15, 0.2) is 0 Å². The molecule has 0 aliphatic carbocycles. The lowest BCUT2D eigenvalue weighted by Crippen LogP contribution is -2.33. The molecule has 41 heavy (non-hydrogen) atoms. The van der Waals surface area contributed by atoms with Crippen LogP contribution in [-0.2, 0) is 20.9 Å². The minimum absolute atomic E-state index is 0.222. The third-order valence-corrected chi connectivity index (χ3v) is 10.8. The van der Waals surface area contributed by atoms with E-state index in [-0.39, 0.29) is 16.6 Å². The zero-order chi connectivity index (χ0) is 29.0. The van der Waals surface area contributed by atoms with Crippen LogP contribution < -0.4 is 15.1 Å². The summed E-state index contributed by atoms with van der Waals surface area (Å²) in [6.07, 6.45) is 0. The van der Waals surface area contributed by atoms with Crippen LogP contribution in [0.15, 0.2) is 81.0 Å². The maximum atomic E-state index is 14.0. The quantitative estimate of drug-likeness (QED) is 0.240. The fourth-order valence-electron chi connectivity index (χ4n) is 5.07. The van der Waals surface area contributed by atoms with Crippen LogP contribution in [0.5, 0.6) is 0 Å². The van der Waals surface area contributed by atoms with E-state index in [9.17, 15) is 23.6 Å². The lowest BCUT2D eigenvalue weighted by molar-refractivity contribution is -0.122. The Kier molecular flexibility index (Phi) is 7.58. The number of fused-ring (bicyclic) bond motifs is 2. The summed E-state index contributed by atoms with van der Waals surface area (Å²) in [5.74, 6) is -3.41. The van der Waals surface area contributed by atoms with Gasteiger partial charge in [-0.3, -0.25) is 23.7 Å². The Bertz CT molecular complexity index is 1780. The second kappa shape index (κ2) is 11.0. The Morgan fingerprint density at radius 3 is 2.39 bits per heavy atom. The van der Waals surface area contributed by atoms with Crippen LogP contribution in [0, 0.1) is 11.7 Å². The first-order valence-corrected chi connectivity index (χ1v) is 15.4. The molecule has 208 valence electrons. The number of rotatable bonds is 5. The third-order valence-electron chi connectivity index (χ3n) is 6.88. The molecule has 3 amide bonds. The molecular formula is C28H17BrCl2FN3O4S2. The van der Waals surface area contributed by atoms with Gasteiger partial charge >= 0.3 is 4.87 Å². The smallest absolute Gasteiger partial charge is 0.308 e. The molecule has 1 fully saturated rings. The Balaban J connectivity index is 1.43. The second-order valence-corrected chi connectivity index (χ2v) is 13.2. The zero-order valence-corrected chi connectivity index (χ0v) is 25.4. The van der Waals surface area contributed by atoms with E-state index in [1.807, 2.05) is 0 Å². The molecule has 0 bridgehead atoms. The van der Waals surface area contributed by atoms with Gasteiger partial charge in [0.2, 0.25) is 17.7 Å². The number of nitrogens with zero attached hydrogens (tertiary/aromatic N) is 2. The van der Waals surface area contributed by atoms with Crippen molar-refractivity contribution < 1.29 is 18.8 Å². The minimum Gasteiger partial charge on any atom is -0.325 e. The Morgan fingerprint density at radius 1 is 0.976 bits per heavy atom. The van der Waals surface area contributed by atoms with E-state index in [4.69, 9.17) is 23.2 Å². The molecule has 0 saturated carbocycles. The number of anilines is 2. The average molecular weight is 693 g/mol. The summed E-state index contributed by atoms with van der Waals surface area (Å²) in [7, 11) is 0. The molecule has 6 rings (SSSR count). The molecule has 1 N–H and O–H groups in total. The zero-order valence-electron chi connectivity index (χ0n) is 20.6. The molecule has 4 aromatic rings. The fraction of sp³-hybridized carbons (Fsp3) is 0.143. The van der Waals surface area contributed by atoms with Crippen LogP contribution in [0.4, 0.5) is 15.8 Å². The van der Waals surface area contributed by atoms with Crippen molar-refractivity contribution in [3.05, 3.63) is 107 Å². The number of carbonyl (C=O) groups excluding carboxylic acids is 3. The van der Waals surface area contributed by atoms with E-state index in [2.05, 4.69) is 21.2 Å². The van der Waals surface area contributed by atoms with Crippen molar-refractivity contribution in [1.82, 2.24) is 4.57 Å². The second-order valence-electron chi connectivity index (χ2n) is 9.35. The summed E-state index contributed by atoms with van der Waals surface area (Å²) < 4.78 is 15.4. The summed E-state index contributed by atoms with van der Waals surface area (Å²) in [4.78, 5) is 55.2. The molecule has 3 heterocycles. The molecule has 3 atom stereocenters. The third kappa shape index (κ3) is 5.03. The number of hydrogen-bond donors (Lipinski definition) is 1. The number of aromatic nitrogens is 1.